The molecule has 0 aliphatic heterocycles. The van der Waals surface area contributed by atoms with E-state index in [0.29, 0.717) is 12.2 Å². The highest BCUT2D eigenvalue weighted by molar-refractivity contribution is 5.88. The molecule has 0 aliphatic carbocycles. The average Bonchev–Trinajstić information content (AvgIpc) is 2.49. The third-order valence-corrected chi connectivity index (χ3v) is 2.97. The van der Waals surface area contributed by atoms with Gasteiger partial charge in [-0.15, -0.1) is 0 Å². The summed E-state index contributed by atoms with van der Waals surface area (Å²) in [7, 11) is 0. The molecule has 1 aromatic carbocycles. The Morgan fingerprint density at radius 3 is 2.67 bits per heavy atom. The molecule has 1 heterocycles. The van der Waals surface area contributed by atoms with Gasteiger partial charge in [-0.05, 0) is 24.1 Å². The molecule has 0 bridgehead atoms. The van der Waals surface area contributed by atoms with Crippen LogP contribution in [-0.2, 0) is 6.42 Å². The van der Waals surface area contributed by atoms with Crippen LogP contribution in [0.5, 0.6) is 0 Å². The van der Waals surface area contributed by atoms with E-state index in [1.165, 1.54) is 0 Å². The molecule has 1 aromatic heterocycles. The number of hydrogen-bond acceptors (Lipinski definition) is 3. The molecule has 0 radical (unpaired) electrons. The van der Waals surface area contributed by atoms with Crippen LogP contribution in [0.4, 0.5) is 10.6 Å². The summed E-state index contributed by atoms with van der Waals surface area (Å²) in [6.45, 7) is 2.11. The lowest BCUT2D eigenvalue weighted by atomic mass is 10.1. The number of anilines is 1. The molecule has 0 aliphatic rings. The zero-order valence-corrected chi connectivity index (χ0v) is 11.9. The van der Waals surface area contributed by atoms with Crippen LogP contribution in [0.3, 0.4) is 0 Å². The Bertz CT molecular complexity index is 570. The highest BCUT2D eigenvalue weighted by Crippen LogP contribution is 2.04. The number of carbonyl (C=O) groups excluding carboxylic acids is 1. The van der Waals surface area contributed by atoms with Gasteiger partial charge in [0.2, 0.25) is 0 Å². The maximum atomic E-state index is 11.7. The van der Waals surface area contributed by atoms with Crippen molar-refractivity contribution in [1.29, 1.82) is 0 Å². The van der Waals surface area contributed by atoms with E-state index in [1.807, 2.05) is 43.3 Å². The summed E-state index contributed by atoms with van der Waals surface area (Å²) >= 11 is 0. The average molecular weight is 285 g/mol. The molecule has 2 amide bonds. The van der Waals surface area contributed by atoms with Crippen LogP contribution in [0.1, 0.15) is 11.1 Å². The van der Waals surface area contributed by atoms with Crippen molar-refractivity contribution in [1.82, 2.24) is 10.3 Å². The van der Waals surface area contributed by atoms with Gasteiger partial charge in [-0.2, -0.15) is 0 Å². The minimum Gasteiger partial charge on any atom is -0.391 e. The molecule has 0 fully saturated rings. The predicted molar refractivity (Wildman–Crippen MR) is 82.1 cm³/mol. The van der Waals surface area contributed by atoms with Crippen molar-refractivity contribution in [2.24, 2.45) is 0 Å². The lowest BCUT2D eigenvalue weighted by Gasteiger charge is -2.12. The number of urea groups is 1. The summed E-state index contributed by atoms with van der Waals surface area (Å²) in [5.74, 6) is 0.482. The Kier molecular flexibility index (Phi) is 5.29. The van der Waals surface area contributed by atoms with Crippen molar-refractivity contribution in [3.05, 3.63) is 59.8 Å². The summed E-state index contributed by atoms with van der Waals surface area (Å²) in [5, 5.41) is 15.1. The first-order valence-corrected chi connectivity index (χ1v) is 6.83. The third-order valence-electron chi connectivity index (χ3n) is 2.97. The van der Waals surface area contributed by atoms with E-state index in [2.05, 4.69) is 15.6 Å². The standard InChI is InChI=1S/C16H19N3O2/c1-12-7-8-15(17-10-12)19-16(21)18-11-14(20)9-13-5-3-2-4-6-13/h2-8,10,14,20H,9,11H2,1H3,(H2,17,18,19,21)/t14-/m1/s1. The van der Waals surface area contributed by atoms with E-state index in [0.717, 1.165) is 11.1 Å². The maximum absolute atomic E-state index is 11.7. The van der Waals surface area contributed by atoms with Crippen molar-refractivity contribution < 1.29 is 9.90 Å². The van der Waals surface area contributed by atoms with E-state index < -0.39 is 6.10 Å². The molecule has 0 unspecified atom stereocenters. The molecule has 5 heteroatoms. The number of aryl methyl sites for hydroxylation is 1. The first-order chi connectivity index (χ1) is 10.1. The minimum absolute atomic E-state index is 0.187. The zero-order valence-electron chi connectivity index (χ0n) is 11.9. The van der Waals surface area contributed by atoms with E-state index in [9.17, 15) is 9.90 Å². The van der Waals surface area contributed by atoms with Gasteiger partial charge in [-0.1, -0.05) is 36.4 Å². The van der Waals surface area contributed by atoms with Gasteiger partial charge in [-0.3, -0.25) is 5.32 Å². The fourth-order valence-corrected chi connectivity index (χ4v) is 1.87. The summed E-state index contributed by atoms with van der Waals surface area (Å²) in [4.78, 5) is 15.8. The van der Waals surface area contributed by atoms with Gasteiger partial charge in [0.25, 0.3) is 0 Å². The Morgan fingerprint density at radius 2 is 2.00 bits per heavy atom. The molecule has 0 spiro atoms. The Labute approximate surface area is 124 Å². The molecule has 5 nitrogen and oxygen atoms in total. The maximum Gasteiger partial charge on any atom is 0.320 e. The Balaban J connectivity index is 1.74. The summed E-state index contributed by atoms with van der Waals surface area (Å²) in [6.07, 6.45) is 1.56. The lowest BCUT2D eigenvalue weighted by molar-refractivity contribution is 0.172. The largest absolute Gasteiger partial charge is 0.391 e. The molecule has 110 valence electrons. The summed E-state index contributed by atoms with van der Waals surface area (Å²) < 4.78 is 0. The van der Waals surface area contributed by atoms with Gasteiger partial charge >= 0.3 is 6.03 Å². The van der Waals surface area contributed by atoms with Crippen LogP contribution in [0.25, 0.3) is 0 Å². The molecule has 1 atom stereocenters. The Hall–Kier alpha value is -2.40. The van der Waals surface area contributed by atoms with Crippen LogP contribution in [-0.4, -0.2) is 28.8 Å². The van der Waals surface area contributed by atoms with Crippen LogP contribution in [0, 0.1) is 6.92 Å². The van der Waals surface area contributed by atoms with Crippen molar-refractivity contribution >= 4 is 11.8 Å². The second-order valence-corrected chi connectivity index (χ2v) is 4.90. The van der Waals surface area contributed by atoms with E-state index in [-0.39, 0.29) is 12.6 Å². The first kappa shape index (κ1) is 15.0. The number of nitrogens with zero attached hydrogens (tertiary/aromatic N) is 1. The zero-order chi connectivity index (χ0) is 15.1. The van der Waals surface area contributed by atoms with Gasteiger partial charge in [0.15, 0.2) is 0 Å². The van der Waals surface area contributed by atoms with Gasteiger partial charge in [0.1, 0.15) is 5.82 Å². The van der Waals surface area contributed by atoms with Crippen LogP contribution in [0.2, 0.25) is 0 Å². The van der Waals surface area contributed by atoms with Crippen LogP contribution in [0.15, 0.2) is 48.7 Å². The molecule has 0 saturated carbocycles. The Morgan fingerprint density at radius 1 is 1.24 bits per heavy atom. The molecule has 2 rings (SSSR count). The number of amides is 2. The van der Waals surface area contributed by atoms with E-state index in [1.54, 1.807) is 12.3 Å². The topological polar surface area (TPSA) is 74.2 Å². The molecule has 3 N–H and O–H groups in total. The number of rotatable bonds is 5. The normalized spacial score (nSPS) is 11.7. The number of benzene rings is 1. The molecule has 21 heavy (non-hydrogen) atoms. The first-order valence-electron chi connectivity index (χ1n) is 6.83. The predicted octanol–water partition coefficient (Wildman–Crippen LogP) is 2.12. The van der Waals surface area contributed by atoms with Crippen LogP contribution >= 0.6 is 0 Å². The van der Waals surface area contributed by atoms with Crippen molar-refractivity contribution in [3.63, 3.8) is 0 Å². The lowest BCUT2D eigenvalue weighted by Crippen LogP contribution is -2.36. The number of hydrogen-bond donors (Lipinski definition) is 3. The number of aromatic nitrogens is 1. The molecule has 0 saturated heterocycles. The number of pyridine rings is 1. The van der Waals surface area contributed by atoms with Gasteiger partial charge < -0.3 is 10.4 Å². The second kappa shape index (κ2) is 7.40. The number of aliphatic hydroxyl groups is 1. The molecular weight excluding hydrogens is 266 g/mol. The van der Waals surface area contributed by atoms with Gasteiger partial charge in [-0.25, -0.2) is 9.78 Å². The van der Waals surface area contributed by atoms with E-state index >= 15 is 0 Å². The van der Waals surface area contributed by atoms with Gasteiger partial charge in [0, 0.05) is 19.2 Å². The number of nitrogens with one attached hydrogen (secondary N) is 2. The van der Waals surface area contributed by atoms with E-state index in [4.69, 9.17) is 0 Å². The molecular formula is C16H19N3O2. The SMILES string of the molecule is Cc1ccc(NC(=O)NC[C@H](O)Cc2ccccc2)nc1. The fourth-order valence-electron chi connectivity index (χ4n) is 1.87. The smallest absolute Gasteiger partial charge is 0.320 e. The summed E-state index contributed by atoms with van der Waals surface area (Å²) in [5.41, 5.74) is 2.06. The second-order valence-electron chi connectivity index (χ2n) is 4.90. The van der Waals surface area contributed by atoms with Crippen LogP contribution < -0.4 is 10.6 Å². The van der Waals surface area contributed by atoms with Crippen molar-refractivity contribution in [2.75, 3.05) is 11.9 Å². The number of carbonyl (C=O) groups is 1. The number of aliphatic hydroxyl groups excluding tert-OH is 1. The van der Waals surface area contributed by atoms with Crippen molar-refractivity contribution in [2.45, 2.75) is 19.4 Å². The fraction of sp³-hybridized carbons (Fsp3) is 0.250. The third kappa shape index (κ3) is 5.24. The highest BCUT2D eigenvalue weighted by Gasteiger charge is 2.08. The summed E-state index contributed by atoms with van der Waals surface area (Å²) in [6, 6.07) is 12.9. The minimum atomic E-state index is -0.621. The monoisotopic (exact) mass is 285 g/mol. The highest BCUT2D eigenvalue weighted by atomic mass is 16.3. The van der Waals surface area contributed by atoms with Crippen molar-refractivity contribution in [3.8, 4) is 0 Å². The molecule has 2 aromatic rings. The quantitative estimate of drug-likeness (QED) is 0.787. The van der Waals surface area contributed by atoms with Gasteiger partial charge in [0.05, 0.1) is 6.10 Å².